The summed E-state index contributed by atoms with van der Waals surface area (Å²) in [5.41, 5.74) is 0.622. The quantitative estimate of drug-likeness (QED) is 0.763. The maximum Gasteiger partial charge on any atom is 0.242 e. The van der Waals surface area contributed by atoms with Gasteiger partial charge in [0.25, 0.3) is 0 Å². The van der Waals surface area contributed by atoms with E-state index >= 15 is 0 Å². The van der Waals surface area contributed by atoms with E-state index < -0.39 is 10.0 Å². The zero-order chi connectivity index (χ0) is 14.3. The molecular formula is C13H22N2O3S. The van der Waals surface area contributed by atoms with Crippen molar-refractivity contribution < 1.29 is 13.2 Å². The molecule has 0 saturated carbocycles. The molecule has 0 radical (unpaired) electrons. The third-order valence-corrected chi connectivity index (χ3v) is 4.10. The Morgan fingerprint density at radius 3 is 2.63 bits per heavy atom. The molecule has 6 heteroatoms. The molecule has 0 heterocycles. The van der Waals surface area contributed by atoms with E-state index in [2.05, 4.69) is 10.0 Å². The first-order valence-corrected chi connectivity index (χ1v) is 7.81. The predicted molar refractivity (Wildman–Crippen MR) is 76.8 cm³/mol. The van der Waals surface area contributed by atoms with E-state index in [0.717, 1.165) is 0 Å². The van der Waals surface area contributed by atoms with Crippen LogP contribution in [0.5, 0.6) is 0 Å². The van der Waals surface area contributed by atoms with Gasteiger partial charge in [0.05, 0.1) is 5.69 Å². The van der Waals surface area contributed by atoms with E-state index in [4.69, 9.17) is 4.74 Å². The Kier molecular flexibility index (Phi) is 6.27. The van der Waals surface area contributed by atoms with Crippen LogP contribution >= 0.6 is 0 Å². The lowest BCUT2D eigenvalue weighted by atomic mass is 10.2. The SMILES string of the molecule is CCNc1ccccc1S(=O)(=O)NCC(C)COC. The Bertz CT molecular complexity index is 488. The second-order valence-corrected chi connectivity index (χ2v) is 6.17. The summed E-state index contributed by atoms with van der Waals surface area (Å²) in [4.78, 5) is 0.279. The van der Waals surface area contributed by atoms with Crippen molar-refractivity contribution in [3.05, 3.63) is 24.3 Å². The van der Waals surface area contributed by atoms with Gasteiger partial charge in [-0.3, -0.25) is 0 Å². The first kappa shape index (κ1) is 15.9. The summed E-state index contributed by atoms with van der Waals surface area (Å²) in [5.74, 6) is 0.131. The molecular weight excluding hydrogens is 264 g/mol. The van der Waals surface area contributed by atoms with E-state index in [1.165, 1.54) is 0 Å². The highest BCUT2D eigenvalue weighted by molar-refractivity contribution is 7.89. The van der Waals surface area contributed by atoms with Crippen LogP contribution in [-0.2, 0) is 14.8 Å². The Morgan fingerprint density at radius 2 is 2.00 bits per heavy atom. The van der Waals surface area contributed by atoms with Crippen LogP contribution in [0.2, 0.25) is 0 Å². The summed E-state index contributed by atoms with van der Waals surface area (Å²) in [6.45, 7) is 5.42. The van der Waals surface area contributed by atoms with Crippen LogP contribution in [0.3, 0.4) is 0 Å². The Labute approximate surface area is 115 Å². The van der Waals surface area contributed by atoms with Gasteiger partial charge in [0.15, 0.2) is 0 Å². The molecule has 108 valence electrons. The number of nitrogens with one attached hydrogen (secondary N) is 2. The van der Waals surface area contributed by atoms with E-state index in [-0.39, 0.29) is 10.8 Å². The molecule has 0 aliphatic heterocycles. The van der Waals surface area contributed by atoms with Crippen molar-refractivity contribution in [1.29, 1.82) is 0 Å². The summed E-state index contributed by atoms with van der Waals surface area (Å²) in [6.07, 6.45) is 0. The summed E-state index contributed by atoms with van der Waals surface area (Å²) in [5, 5.41) is 3.05. The Hall–Kier alpha value is -1.11. The number of para-hydroxylation sites is 1. The van der Waals surface area contributed by atoms with Gasteiger partial charge < -0.3 is 10.1 Å². The molecule has 1 aromatic rings. The second-order valence-electron chi connectivity index (χ2n) is 4.44. The minimum absolute atomic E-state index is 0.131. The van der Waals surface area contributed by atoms with Gasteiger partial charge >= 0.3 is 0 Å². The van der Waals surface area contributed by atoms with Crippen LogP contribution in [0.25, 0.3) is 0 Å². The van der Waals surface area contributed by atoms with Crippen molar-refractivity contribution in [2.75, 3.05) is 32.1 Å². The summed E-state index contributed by atoms with van der Waals surface area (Å²) < 4.78 is 32.1. The van der Waals surface area contributed by atoms with Crippen molar-refractivity contribution in [2.24, 2.45) is 5.92 Å². The molecule has 1 aromatic carbocycles. The Morgan fingerprint density at radius 1 is 1.32 bits per heavy atom. The van der Waals surface area contributed by atoms with Crippen LogP contribution < -0.4 is 10.0 Å². The fourth-order valence-electron chi connectivity index (χ4n) is 1.71. The van der Waals surface area contributed by atoms with Crippen molar-refractivity contribution in [1.82, 2.24) is 4.72 Å². The molecule has 19 heavy (non-hydrogen) atoms. The number of ether oxygens (including phenoxy) is 1. The standard InChI is InChI=1S/C13H22N2O3S/c1-4-14-12-7-5-6-8-13(12)19(16,17)15-9-11(2)10-18-3/h5-8,11,14-15H,4,9-10H2,1-3H3. The van der Waals surface area contributed by atoms with Gasteiger partial charge in [-0.05, 0) is 25.0 Å². The molecule has 0 spiro atoms. The van der Waals surface area contributed by atoms with Crippen molar-refractivity contribution in [3.63, 3.8) is 0 Å². The van der Waals surface area contributed by atoms with Gasteiger partial charge in [0, 0.05) is 26.8 Å². The molecule has 1 unspecified atom stereocenters. The lowest BCUT2D eigenvalue weighted by Crippen LogP contribution is -2.30. The molecule has 0 saturated heterocycles. The normalized spacial score (nSPS) is 13.2. The summed E-state index contributed by atoms with van der Waals surface area (Å²) >= 11 is 0. The van der Waals surface area contributed by atoms with Crippen LogP contribution in [0.4, 0.5) is 5.69 Å². The zero-order valence-electron chi connectivity index (χ0n) is 11.6. The molecule has 1 rings (SSSR count). The first-order valence-electron chi connectivity index (χ1n) is 6.32. The lowest BCUT2D eigenvalue weighted by molar-refractivity contribution is 0.161. The van der Waals surface area contributed by atoms with Crippen LogP contribution in [0.15, 0.2) is 29.2 Å². The number of hydrogen-bond donors (Lipinski definition) is 2. The van der Waals surface area contributed by atoms with E-state index in [1.54, 1.807) is 25.3 Å². The largest absolute Gasteiger partial charge is 0.384 e. The average molecular weight is 286 g/mol. The smallest absolute Gasteiger partial charge is 0.242 e. The van der Waals surface area contributed by atoms with Gasteiger partial charge in [-0.1, -0.05) is 19.1 Å². The minimum Gasteiger partial charge on any atom is -0.384 e. The van der Waals surface area contributed by atoms with Gasteiger partial charge in [0.2, 0.25) is 10.0 Å². The third kappa shape index (κ3) is 4.81. The van der Waals surface area contributed by atoms with Gasteiger partial charge in [-0.2, -0.15) is 0 Å². The van der Waals surface area contributed by atoms with Crippen molar-refractivity contribution >= 4 is 15.7 Å². The van der Waals surface area contributed by atoms with Gasteiger partial charge in [0.1, 0.15) is 4.90 Å². The highest BCUT2D eigenvalue weighted by Gasteiger charge is 2.18. The molecule has 5 nitrogen and oxygen atoms in total. The fourth-order valence-corrected chi connectivity index (χ4v) is 3.06. The highest BCUT2D eigenvalue weighted by Crippen LogP contribution is 2.20. The van der Waals surface area contributed by atoms with Crippen molar-refractivity contribution in [2.45, 2.75) is 18.7 Å². The molecule has 0 fully saturated rings. The number of anilines is 1. The zero-order valence-corrected chi connectivity index (χ0v) is 12.5. The van der Waals surface area contributed by atoms with E-state index in [1.807, 2.05) is 19.9 Å². The molecule has 0 bridgehead atoms. The Balaban J connectivity index is 2.82. The van der Waals surface area contributed by atoms with Crippen molar-refractivity contribution in [3.8, 4) is 0 Å². The molecule has 0 amide bonds. The number of rotatable bonds is 8. The second kappa shape index (κ2) is 7.47. The number of methoxy groups -OCH3 is 1. The molecule has 2 N–H and O–H groups in total. The maximum absolute atomic E-state index is 12.2. The molecule has 1 atom stereocenters. The maximum atomic E-state index is 12.2. The van der Waals surface area contributed by atoms with Crippen LogP contribution in [0, 0.1) is 5.92 Å². The van der Waals surface area contributed by atoms with Gasteiger partial charge in [-0.15, -0.1) is 0 Å². The highest BCUT2D eigenvalue weighted by atomic mass is 32.2. The first-order chi connectivity index (χ1) is 9.01. The monoisotopic (exact) mass is 286 g/mol. The van der Waals surface area contributed by atoms with Crippen LogP contribution in [0.1, 0.15) is 13.8 Å². The van der Waals surface area contributed by atoms with Gasteiger partial charge in [-0.25, -0.2) is 13.1 Å². The number of sulfonamides is 1. The molecule has 0 aliphatic rings. The van der Waals surface area contributed by atoms with E-state index in [9.17, 15) is 8.42 Å². The fraction of sp³-hybridized carbons (Fsp3) is 0.538. The number of benzene rings is 1. The lowest BCUT2D eigenvalue weighted by Gasteiger charge is -2.14. The number of hydrogen-bond acceptors (Lipinski definition) is 4. The minimum atomic E-state index is -3.49. The average Bonchev–Trinajstić information content (AvgIpc) is 2.38. The summed E-state index contributed by atoms with van der Waals surface area (Å²) in [7, 11) is -1.89. The third-order valence-electron chi connectivity index (χ3n) is 2.62. The molecule has 0 aromatic heterocycles. The van der Waals surface area contributed by atoms with E-state index in [0.29, 0.717) is 25.4 Å². The summed E-state index contributed by atoms with van der Waals surface area (Å²) in [6, 6.07) is 6.89. The molecule has 0 aliphatic carbocycles. The van der Waals surface area contributed by atoms with Crippen LogP contribution in [-0.4, -0.2) is 35.2 Å². The predicted octanol–water partition coefficient (Wildman–Crippen LogP) is 1.68. The topological polar surface area (TPSA) is 67.4 Å².